The summed E-state index contributed by atoms with van der Waals surface area (Å²) in [6.45, 7) is 2.35. The predicted octanol–water partition coefficient (Wildman–Crippen LogP) is 3.12. The van der Waals surface area contributed by atoms with Crippen LogP contribution in [-0.2, 0) is 11.3 Å². The van der Waals surface area contributed by atoms with Gasteiger partial charge in [0.05, 0.1) is 11.4 Å². The normalized spacial score (nSPS) is 10.5. The lowest BCUT2D eigenvalue weighted by Gasteiger charge is -2.06. The minimum absolute atomic E-state index is 0.185. The lowest BCUT2D eigenvalue weighted by Crippen LogP contribution is -2.15. The van der Waals surface area contributed by atoms with Gasteiger partial charge in [0.2, 0.25) is 5.91 Å². The van der Waals surface area contributed by atoms with Crippen LogP contribution in [0.3, 0.4) is 0 Å². The zero-order valence-corrected chi connectivity index (χ0v) is 11.9. The highest BCUT2D eigenvalue weighted by molar-refractivity contribution is 9.10. The Balaban J connectivity index is 1.90. The second-order valence-corrected chi connectivity index (χ2v) is 5.06. The fourth-order valence-corrected chi connectivity index (χ4v) is 1.94. The van der Waals surface area contributed by atoms with Gasteiger partial charge in [-0.15, -0.1) is 0 Å². The second kappa shape index (κ2) is 5.97. The van der Waals surface area contributed by atoms with Crippen LogP contribution in [0.25, 0.3) is 0 Å². The average molecular weight is 326 g/mol. The summed E-state index contributed by atoms with van der Waals surface area (Å²) in [7, 11) is 0. The van der Waals surface area contributed by atoms with Crippen LogP contribution in [0.4, 0.5) is 10.1 Å². The van der Waals surface area contributed by atoms with E-state index in [9.17, 15) is 9.18 Å². The number of amides is 1. The highest BCUT2D eigenvalue weighted by atomic mass is 79.9. The van der Waals surface area contributed by atoms with Crippen molar-refractivity contribution in [3.05, 3.63) is 46.4 Å². The highest BCUT2D eigenvalue weighted by Crippen LogP contribution is 2.19. The molecule has 0 spiro atoms. The summed E-state index contributed by atoms with van der Waals surface area (Å²) in [5.74, 6) is -0.702. The number of hydrogen-bond donors (Lipinski definition) is 1. The van der Waals surface area contributed by atoms with E-state index in [1.54, 1.807) is 10.7 Å². The molecular weight excluding hydrogens is 313 g/mol. The average Bonchev–Trinajstić information content (AvgIpc) is 2.76. The van der Waals surface area contributed by atoms with Crippen LogP contribution in [0.15, 0.2) is 34.9 Å². The zero-order valence-electron chi connectivity index (χ0n) is 10.4. The maximum absolute atomic E-state index is 13.5. The first-order chi connectivity index (χ1) is 9.04. The Morgan fingerprint density at radius 2 is 2.26 bits per heavy atom. The molecule has 1 N–H and O–H groups in total. The number of rotatable bonds is 4. The monoisotopic (exact) mass is 325 g/mol. The second-order valence-electron chi connectivity index (χ2n) is 4.14. The van der Waals surface area contributed by atoms with Gasteiger partial charge in [-0.1, -0.05) is 15.9 Å². The molecule has 0 aliphatic heterocycles. The number of nitrogens with one attached hydrogen (secondary N) is 1. The lowest BCUT2D eigenvalue weighted by atomic mass is 10.3. The SMILES string of the molecule is Cc1ccn(CCC(=O)Nc2ccc(Br)cc2F)n1. The van der Waals surface area contributed by atoms with Gasteiger partial charge in [-0.2, -0.15) is 5.10 Å². The zero-order chi connectivity index (χ0) is 13.8. The Hall–Kier alpha value is -1.69. The van der Waals surface area contributed by atoms with Gasteiger partial charge in [0.15, 0.2) is 0 Å². The maximum Gasteiger partial charge on any atom is 0.226 e. The molecule has 4 nitrogen and oxygen atoms in total. The Bertz CT molecular complexity index is 597. The molecule has 0 saturated carbocycles. The van der Waals surface area contributed by atoms with Crippen LogP contribution in [0.5, 0.6) is 0 Å². The third-order valence-corrected chi connectivity index (χ3v) is 3.04. The molecule has 1 amide bonds. The van der Waals surface area contributed by atoms with Crippen molar-refractivity contribution in [1.29, 1.82) is 0 Å². The van der Waals surface area contributed by atoms with Crippen LogP contribution < -0.4 is 5.32 Å². The third kappa shape index (κ3) is 3.89. The van der Waals surface area contributed by atoms with Crippen molar-refractivity contribution in [3.8, 4) is 0 Å². The molecule has 6 heteroatoms. The standard InChI is InChI=1S/C13H13BrFN3O/c1-9-4-6-18(17-9)7-5-13(19)16-12-3-2-10(14)8-11(12)15/h2-4,6,8H,5,7H2,1H3,(H,16,19). The van der Waals surface area contributed by atoms with Crippen molar-refractivity contribution < 1.29 is 9.18 Å². The molecule has 100 valence electrons. The maximum atomic E-state index is 13.5. The summed E-state index contributed by atoms with van der Waals surface area (Å²) >= 11 is 3.16. The Labute approximate surface area is 118 Å². The first kappa shape index (κ1) is 13.7. The van der Waals surface area contributed by atoms with E-state index in [2.05, 4.69) is 26.3 Å². The number of carbonyl (C=O) groups excluding carboxylic acids is 1. The molecule has 1 heterocycles. The Kier molecular flexibility index (Phi) is 4.31. The minimum atomic E-state index is -0.461. The number of anilines is 1. The molecule has 2 rings (SSSR count). The Morgan fingerprint density at radius 3 is 2.89 bits per heavy atom. The van der Waals surface area contributed by atoms with Gasteiger partial charge in [-0.25, -0.2) is 4.39 Å². The van der Waals surface area contributed by atoms with Gasteiger partial charge in [0.1, 0.15) is 5.82 Å². The van der Waals surface area contributed by atoms with Crippen molar-refractivity contribution in [2.24, 2.45) is 0 Å². The molecule has 0 saturated heterocycles. The number of carbonyl (C=O) groups is 1. The summed E-state index contributed by atoms with van der Waals surface area (Å²) in [5, 5.41) is 6.71. The molecule has 0 aliphatic carbocycles. The van der Waals surface area contributed by atoms with Gasteiger partial charge in [0.25, 0.3) is 0 Å². The van der Waals surface area contributed by atoms with E-state index in [-0.39, 0.29) is 18.0 Å². The van der Waals surface area contributed by atoms with E-state index in [1.807, 2.05) is 19.2 Å². The number of hydrogen-bond acceptors (Lipinski definition) is 2. The fourth-order valence-electron chi connectivity index (χ4n) is 1.61. The molecule has 2 aromatic rings. The van der Waals surface area contributed by atoms with Gasteiger partial charge in [-0.05, 0) is 31.2 Å². The third-order valence-electron chi connectivity index (χ3n) is 2.55. The summed E-state index contributed by atoms with van der Waals surface area (Å²) < 4.78 is 15.8. The van der Waals surface area contributed by atoms with Crippen molar-refractivity contribution in [2.45, 2.75) is 19.9 Å². The van der Waals surface area contributed by atoms with Crippen molar-refractivity contribution in [1.82, 2.24) is 9.78 Å². The first-order valence-electron chi connectivity index (χ1n) is 5.79. The number of nitrogens with zero attached hydrogens (tertiary/aromatic N) is 2. The fraction of sp³-hybridized carbons (Fsp3) is 0.231. The number of halogens is 2. The molecule has 0 aliphatic rings. The van der Waals surface area contributed by atoms with E-state index >= 15 is 0 Å². The van der Waals surface area contributed by atoms with E-state index in [1.165, 1.54) is 12.1 Å². The topological polar surface area (TPSA) is 46.9 Å². The van der Waals surface area contributed by atoms with Crippen LogP contribution in [-0.4, -0.2) is 15.7 Å². The molecule has 0 bridgehead atoms. The predicted molar refractivity (Wildman–Crippen MR) is 74.3 cm³/mol. The largest absolute Gasteiger partial charge is 0.324 e. The van der Waals surface area contributed by atoms with Crippen molar-refractivity contribution in [3.63, 3.8) is 0 Å². The van der Waals surface area contributed by atoms with Crippen molar-refractivity contribution in [2.75, 3.05) is 5.32 Å². The van der Waals surface area contributed by atoms with Crippen LogP contribution in [0.2, 0.25) is 0 Å². The molecule has 0 fully saturated rings. The van der Waals surface area contributed by atoms with E-state index in [0.29, 0.717) is 11.0 Å². The van der Waals surface area contributed by atoms with Crippen LogP contribution in [0, 0.1) is 12.7 Å². The summed E-state index contributed by atoms with van der Waals surface area (Å²) in [6.07, 6.45) is 2.06. The van der Waals surface area contributed by atoms with E-state index in [4.69, 9.17) is 0 Å². The van der Waals surface area contributed by atoms with Crippen LogP contribution >= 0.6 is 15.9 Å². The first-order valence-corrected chi connectivity index (χ1v) is 6.59. The summed E-state index contributed by atoms with van der Waals surface area (Å²) in [4.78, 5) is 11.7. The van der Waals surface area contributed by atoms with Gasteiger partial charge in [0, 0.05) is 23.6 Å². The van der Waals surface area contributed by atoms with Crippen LogP contribution in [0.1, 0.15) is 12.1 Å². The molecule has 1 aromatic heterocycles. The molecule has 1 aromatic carbocycles. The number of benzene rings is 1. The molecule has 19 heavy (non-hydrogen) atoms. The highest BCUT2D eigenvalue weighted by Gasteiger charge is 2.07. The molecule has 0 atom stereocenters. The molecule has 0 radical (unpaired) electrons. The molecule has 0 unspecified atom stereocenters. The summed E-state index contributed by atoms with van der Waals surface area (Å²) in [5.41, 5.74) is 1.09. The van der Waals surface area contributed by atoms with Gasteiger partial charge < -0.3 is 5.32 Å². The smallest absolute Gasteiger partial charge is 0.226 e. The minimum Gasteiger partial charge on any atom is -0.324 e. The van der Waals surface area contributed by atoms with Gasteiger partial charge in [-0.3, -0.25) is 9.48 Å². The molecular formula is C13H13BrFN3O. The van der Waals surface area contributed by atoms with Gasteiger partial charge >= 0.3 is 0 Å². The van der Waals surface area contributed by atoms with E-state index in [0.717, 1.165) is 5.69 Å². The summed E-state index contributed by atoms with van der Waals surface area (Å²) in [6, 6.07) is 6.38. The Morgan fingerprint density at radius 1 is 1.47 bits per heavy atom. The quantitative estimate of drug-likeness (QED) is 0.938. The number of aromatic nitrogens is 2. The number of aryl methyl sites for hydroxylation is 2. The lowest BCUT2D eigenvalue weighted by molar-refractivity contribution is -0.116. The van der Waals surface area contributed by atoms with Crippen molar-refractivity contribution >= 4 is 27.5 Å². The van der Waals surface area contributed by atoms with E-state index < -0.39 is 5.82 Å².